The molecule has 1 rings (SSSR count). The number of aromatic nitrogens is 2. The summed E-state index contributed by atoms with van der Waals surface area (Å²) in [4.78, 5) is 0. The lowest BCUT2D eigenvalue weighted by Crippen LogP contribution is -2.02. The zero-order valence-electron chi connectivity index (χ0n) is 10.2. The van der Waals surface area contributed by atoms with Crippen molar-refractivity contribution in [1.29, 1.82) is 0 Å². The molecular formula is C12H19BrN2O. The molecule has 0 fully saturated rings. The molecule has 1 aromatic rings. The molecule has 3 nitrogen and oxygen atoms in total. The highest BCUT2D eigenvalue weighted by Crippen LogP contribution is 2.22. The second-order valence-electron chi connectivity index (χ2n) is 3.94. The number of rotatable bonds is 6. The van der Waals surface area contributed by atoms with E-state index in [-0.39, 0.29) is 0 Å². The van der Waals surface area contributed by atoms with Gasteiger partial charge in [0.2, 0.25) is 0 Å². The van der Waals surface area contributed by atoms with Gasteiger partial charge in [-0.15, -0.1) is 6.58 Å². The first kappa shape index (κ1) is 13.5. The monoisotopic (exact) mass is 286 g/mol. The Kier molecular flexibility index (Phi) is 5.22. The Morgan fingerprint density at radius 3 is 2.75 bits per heavy atom. The summed E-state index contributed by atoms with van der Waals surface area (Å²) in [7, 11) is 1.95. The van der Waals surface area contributed by atoms with Crippen LogP contribution in [0.5, 0.6) is 0 Å². The summed E-state index contributed by atoms with van der Waals surface area (Å²) >= 11 is 3.56. The molecule has 90 valence electrons. The summed E-state index contributed by atoms with van der Waals surface area (Å²) < 4.78 is 8.55. The molecule has 0 N–H and O–H groups in total. The molecule has 16 heavy (non-hydrogen) atoms. The molecular weight excluding hydrogens is 268 g/mol. The van der Waals surface area contributed by atoms with Crippen LogP contribution < -0.4 is 0 Å². The van der Waals surface area contributed by atoms with Crippen LogP contribution in [0.15, 0.2) is 16.6 Å². The van der Waals surface area contributed by atoms with Gasteiger partial charge in [0.25, 0.3) is 0 Å². The van der Waals surface area contributed by atoms with E-state index in [1.807, 2.05) is 18.7 Å². The smallest absolute Gasteiger partial charge is 0.0896 e. The number of aryl methyl sites for hydroxylation is 2. The van der Waals surface area contributed by atoms with E-state index in [1.54, 1.807) is 0 Å². The van der Waals surface area contributed by atoms with Crippen LogP contribution in [0.25, 0.3) is 0 Å². The van der Waals surface area contributed by atoms with Crippen LogP contribution in [-0.2, 0) is 24.8 Å². The Balaban J connectivity index is 2.53. The quantitative estimate of drug-likeness (QED) is 0.593. The van der Waals surface area contributed by atoms with Crippen LogP contribution in [0.4, 0.5) is 0 Å². The standard InChI is InChI=1S/C12H19BrN2O/c1-5-10-12(13)11(15(4)14-10)8-16-7-6-9(2)3/h2,5-8H2,1,3-4H3. The summed E-state index contributed by atoms with van der Waals surface area (Å²) in [5.74, 6) is 0. The zero-order chi connectivity index (χ0) is 12.1. The molecule has 1 heterocycles. The average molecular weight is 287 g/mol. The minimum Gasteiger partial charge on any atom is -0.375 e. The molecule has 0 amide bonds. The summed E-state index contributed by atoms with van der Waals surface area (Å²) in [5.41, 5.74) is 3.33. The van der Waals surface area contributed by atoms with E-state index in [2.05, 4.69) is 34.5 Å². The normalized spacial score (nSPS) is 10.8. The van der Waals surface area contributed by atoms with Gasteiger partial charge in [0.15, 0.2) is 0 Å². The van der Waals surface area contributed by atoms with Crippen molar-refractivity contribution < 1.29 is 4.74 Å². The maximum absolute atomic E-state index is 5.60. The van der Waals surface area contributed by atoms with E-state index in [0.717, 1.165) is 34.3 Å². The van der Waals surface area contributed by atoms with Gasteiger partial charge in [-0.1, -0.05) is 12.5 Å². The number of ether oxygens (including phenoxy) is 1. The average Bonchev–Trinajstić information content (AvgIpc) is 2.50. The SMILES string of the molecule is C=C(C)CCOCc1c(Br)c(CC)nn1C. The van der Waals surface area contributed by atoms with Gasteiger partial charge in [-0.2, -0.15) is 5.10 Å². The van der Waals surface area contributed by atoms with Crippen LogP contribution in [-0.4, -0.2) is 16.4 Å². The van der Waals surface area contributed by atoms with Crippen LogP contribution in [0.1, 0.15) is 31.7 Å². The molecule has 0 unspecified atom stereocenters. The fourth-order valence-electron chi connectivity index (χ4n) is 1.39. The van der Waals surface area contributed by atoms with E-state index in [4.69, 9.17) is 4.74 Å². The third kappa shape index (κ3) is 3.46. The van der Waals surface area contributed by atoms with E-state index in [1.165, 1.54) is 0 Å². The molecule has 1 aromatic heterocycles. The molecule has 0 aromatic carbocycles. The largest absolute Gasteiger partial charge is 0.375 e. The first-order valence-corrected chi connectivity index (χ1v) is 6.28. The molecule has 0 radical (unpaired) electrons. The zero-order valence-corrected chi connectivity index (χ0v) is 11.8. The van der Waals surface area contributed by atoms with Crippen molar-refractivity contribution in [3.05, 3.63) is 28.0 Å². The lowest BCUT2D eigenvalue weighted by molar-refractivity contribution is 0.118. The van der Waals surface area contributed by atoms with Gasteiger partial charge in [0, 0.05) is 7.05 Å². The number of hydrogen-bond donors (Lipinski definition) is 0. The molecule has 4 heteroatoms. The van der Waals surface area contributed by atoms with E-state index < -0.39 is 0 Å². The highest BCUT2D eigenvalue weighted by atomic mass is 79.9. The Hall–Kier alpha value is -0.610. The Bertz CT molecular complexity index is 371. The first-order chi connectivity index (χ1) is 7.56. The molecule has 0 aliphatic rings. The lowest BCUT2D eigenvalue weighted by Gasteiger charge is -2.05. The summed E-state index contributed by atoms with van der Waals surface area (Å²) in [5, 5.41) is 4.41. The van der Waals surface area contributed by atoms with Crippen molar-refractivity contribution in [1.82, 2.24) is 9.78 Å². The van der Waals surface area contributed by atoms with E-state index in [9.17, 15) is 0 Å². The van der Waals surface area contributed by atoms with Crippen molar-refractivity contribution >= 4 is 15.9 Å². The van der Waals surface area contributed by atoms with Gasteiger partial charge in [-0.25, -0.2) is 0 Å². The fourth-order valence-corrected chi connectivity index (χ4v) is 2.12. The van der Waals surface area contributed by atoms with Crippen LogP contribution in [0, 0.1) is 0 Å². The van der Waals surface area contributed by atoms with E-state index >= 15 is 0 Å². The van der Waals surface area contributed by atoms with Crippen molar-refractivity contribution in [3.63, 3.8) is 0 Å². The molecule has 0 saturated heterocycles. The number of nitrogens with zero attached hydrogens (tertiary/aromatic N) is 2. The van der Waals surface area contributed by atoms with Gasteiger partial charge in [0.1, 0.15) is 0 Å². The maximum Gasteiger partial charge on any atom is 0.0896 e. The van der Waals surface area contributed by atoms with E-state index in [0.29, 0.717) is 13.2 Å². The third-order valence-corrected chi connectivity index (χ3v) is 3.33. The minimum atomic E-state index is 0.595. The van der Waals surface area contributed by atoms with Crippen LogP contribution in [0.2, 0.25) is 0 Å². The van der Waals surface area contributed by atoms with Crippen molar-refractivity contribution in [2.75, 3.05) is 6.61 Å². The Morgan fingerprint density at radius 2 is 2.25 bits per heavy atom. The Morgan fingerprint density at radius 1 is 1.56 bits per heavy atom. The highest BCUT2D eigenvalue weighted by Gasteiger charge is 2.11. The maximum atomic E-state index is 5.60. The number of hydrogen-bond acceptors (Lipinski definition) is 2. The Labute approximate surface area is 106 Å². The fraction of sp³-hybridized carbons (Fsp3) is 0.583. The second kappa shape index (κ2) is 6.21. The van der Waals surface area contributed by atoms with Gasteiger partial charge in [-0.05, 0) is 35.7 Å². The first-order valence-electron chi connectivity index (χ1n) is 5.48. The van der Waals surface area contributed by atoms with Crippen LogP contribution >= 0.6 is 15.9 Å². The predicted molar refractivity (Wildman–Crippen MR) is 69.4 cm³/mol. The summed E-state index contributed by atoms with van der Waals surface area (Å²) in [6.07, 6.45) is 1.84. The highest BCUT2D eigenvalue weighted by molar-refractivity contribution is 9.10. The summed E-state index contributed by atoms with van der Waals surface area (Å²) in [6, 6.07) is 0. The molecule has 0 spiro atoms. The topological polar surface area (TPSA) is 27.1 Å². The molecule has 0 aliphatic heterocycles. The van der Waals surface area contributed by atoms with Gasteiger partial charge >= 0.3 is 0 Å². The van der Waals surface area contributed by atoms with Crippen molar-refractivity contribution in [3.8, 4) is 0 Å². The number of halogens is 1. The van der Waals surface area contributed by atoms with Gasteiger partial charge in [-0.3, -0.25) is 4.68 Å². The van der Waals surface area contributed by atoms with Crippen molar-refractivity contribution in [2.24, 2.45) is 7.05 Å². The van der Waals surface area contributed by atoms with Crippen molar-refractivity contribution in [2.45, 2.75) is 33.3 Å². The second-order valence-corrected chi connectivity index (χ2v) is 4.74. The van der Waals surface area contributed by atoms with Gasteiger partial charge < -0.3 is 4.74 Å². The summed E-state index contributed by atoms with van der Waals surface area (Å²) in [6.45, 7) is 9.27. The van der Waals surface area contributed by atoms with Crippen LogP contribution in [0.3, 0.4) is 0 Å². The molecule has 0 aliphatic carbocycles. The molecule has 0 bridgehead atoms. The molecule has 0 saturated carbocycles. The third-order valence-electron chi connectivity index (χ3n) is 2.41. The van der Waals surface area contributed by atoms with Gasteiger partial charge in [0.05, 0.1) is 29.1 Å². The minimum absolute atomic E-state index is 0.595. The predicted octanol–water partition coefficient (Wildman–Crippen LogP) is 3.23. The molecule has 0 atom stereocenters. The lowest BCUT2D eigenvalue weighted by atomic mass is 10.3.